The summed E-state index contributed by atoms with van der Waals surface area (Å²) in [5.74, 6) is -0.416. The van der Waals surface area contributed by atoms with E-state index in [1.807, 2.05) is 13.0 Å². The van der Waals surface area contributed by atoms with Gasteiger partial charge in [0.15, 0.2) is 0 Å². The molecule has 0 aliphatic carbocycles. The highest BCUT2D eigenvalue weighted by atomic mass is 32.2. The molecule has 1 aliphatic heterocycles. The Morgan fingerprint density at radius 3 is 2.78 bits per heavy atom. The standard InChI is InChI=1S/C15H22FN3O3S/c1-11-4-3-5-14(6-11)19(23(2,21)22)10-15(20)18-9-13-7-12(16)8-17-13/h3-6,12-13,17H,7-10H2,1-2H3,(H,18,20)/t12-,13-/m0/s1. The first-order valence-electron chi connectivity index (χ1n) is 7.44. The van der Waals surface area contributed by atoms with Crippen molar-refractivity contribution in [2.75, 3.05) is 30.2 Å². The Hall–Kier alpha value is -1.67. The van der Waals surface area contributed by atoms with Crippen molar-refractivity contribution in [2.24, 2.45) is 0 Å². The average molecular weight is 343 g/mol. The Morgan fingerprint density at radius 1 is 1.48 bits per heavy atom. The van der Waals surface area contributed by atoms with Gasteiger partial charge in [-0.05, 0) is 31.0 Å². The Bertz CT molecular complexity index is 666. The molecule has 0 radical (unpaired) electrons. The summed E-state index contributed by atoms with van der Waals surface area (Å²) in [5.41, 5.74) is 1.35. The van der Waals surface area contributed by atoms with Crippen LogP contribution in [0.5, 0.6) is 0 Å². The number of benzene rings is 1. The van der Waals surface area contributed by atoms with Gasteiger partial charge in [-0.25, -0.2) is 12.8 Å². The summed E-state index contributed by atoms with van der Waals surface area (Å²) < 4.78 is 38.1. The number of aryl methyl sites for hydroxylation is 1. The van der Waals surface area contributed by atoms with Crippen molar-refractivity contribution in [3.63, 3.8) is 0 Å². The molecule has 0 spiro atoms. The van der Waals surface area contributed by atoms with Gasteiger partial charge in [-0.1, -0.05) is 12.1 Å². The Kier molecular flexibility index (Phi) is 5.59. The molecule has 0 unspecified atom stereocenters. The fourth-order valence-electron chi connectivity index (χ4n) is 2.53. The second kappa shape index (κ2) is 7.27. The molecule has 0 bridgehead atoms. The van der Waals surface area contributed by atoms with E-state index in [1.165, 1.54) is 0 Å². The van der Waals surface area contributed by atoms with Crippen molar-refractivity contribution in [1.82, 2.24) is 10.6 Å². The van der Waals surface area contributed by atoms with E-state index in [-0.39, 0.29) is 19.1 Å². The Morgan fingerprint density at radius 2 is 2.22 bits per heavy atom. The number of carbonyl (C=O) groups is 1. The lowest BCUT2D eigenvalue weighted by Gasteiger charge is -2.22. The number of hydrogen-bond acceptors (Lipinski definition) is 4. The maximum atomic E-state index is 13.1. The van der Waals surface area contributed by atoms with Gasteiger partial charge in [0.1, 0.15) is 12.7 Å². The summed E-state index contributed by atoms with van der Waals surface area (Å²) in [6.45, 7) is 2.13. The van der Waals surface area contributed by atoms with E-state index in [2.05, 4.69) is 10.6 Å². The summed E-state index contributed by atoms with van der Waals surface area (Å²) in [5, 5.41) is 5.62. The molecule has 0 saturated carbocycles. The maximum Gasteiger partial charge on any atom is 0.240 e. The minimum atomic E-state index is -3.58. The van der Waals surface area contributed by atoms with Crippen molar-refractivity contribution in [3.05, 3.63) is 29.8 Å². The number of rotatable bonds is 6. The maximum absolute atomic E-state index is 13.1. The first-order chi connectivity index (χ1) is 10.8. The molecule has 1 heterocycles. The molecule has 0 aromatic heterocycles. The fraction of sp³-hybridized carbons (Fsp3) is 0.533. The van der Waals surface area contributed by atoms with Crippen LogP contribution < -0.4 is 14.9 Å². The van der Waals surface area contributed by atoms with Gasteiger partial charge in [0, 0.05) is 19.1 Å². The number of amides is 1. The molecule has 1 amide bonds. The van der Waals surface area contributed by atoms with Gasteiger partial charge in [-0.15, -0.1) is 0 Å². The molecule has 1 aromatic carbocycles. The molecule has 2 atom stereocenters. The van der Waals surface area contributed by atoms with Crippen LogP contribution in [-0.2, 0) is 14.8 Å². The van der Waals surface area contributed by atoms with E-state index in [4.69, 9.17) is 0 Å². The van der Waals surface area contributed by atoms with Crippen LogP contribution in [0.3, 0.4) is 0 Å². The fourth-order valence-corrected chi connectivity index (χ4v) is 3.38. The highest BCUT2D eigenvalue weighted by Crippen LogP contribution is 2.18. The van der Waals surface area contributed by atoms with E-state index in [9.17, 15) is 17.6 Å². The van der Waals surface area contributed by atoms with Crippen molar-refractivity contribution in [1.29, 1.82) is 0 Å². The van der Waals surface area contributed by atoms with Gasteiger partial charge in [0.25, 0.3) is 0 Å². The van der Waals surface area contributed by atoms with Gasteiger partial charge in [-0.3, -0.25) is 9.10 Å². The quantitative estimate of drug-likeness (QED) is 0.792. The zero-order valence-corrected chi connectivity index (χ0v) is 14.1. The molecule has 2 N–H and O–H groups in total. The zero-order chi connectivity index (χ0) is 17.0. The van der Waals surface area contributed by atoms with E-state index in [0.29, 0.717) is 18.7 Å². The molecule has 1 saturated heterocycles. The third kappa shape index (κ3) is 5.18. The topological polar surface area (TPSA) is 78.5 Å². The first kappa shape index (κ1) is 17.7. The number of alkyl halides is 1. The molecule has 1 aliphatic rings. The predicted molar refractivity (Wildman–Crippen MR) is 87.7 cm³/mol. The second-order valence-corrected chi connectivity index (χ2v) is 7.76. The van der Waals surface area contributed by atoms with Crippen LogP contribution in [0.1, 0.15) is 12.0 Å². The molecule has 2 rings (SSSR count). The van der Waals surface area contributed by atoms with Gasteiger partial charge in [0.2, 0.25) is 15.9 Å². The van der Waals surface area contributed by atoms with Crippen LogP contribution in [0.15, 0.2) is 24.3 Å². The lowest BCUT2D eigenvalue weighted by molar-refractivity contribution is -0.119. The van der Waals surface area contributed by atoms with E-state index in [0.717, 1.165) is 16.1 Å². The van der Waals surface area contributed by atoms with Gasteiger partial charge in [0.05, 0.1) is 11.9 Å². The van der Waals surface area contributed by atoms with Crippen LogP contribution in [0, 0.1) is 6.92 Å². The van der Waals surface area contributed by atoms with Crippen LogP contribution in [0.2, 0.25) is 0 Å². The minimum absolute atomic E-state index is 0.111. The Labute approximate surface area is 136 Å². The minimum Gasteiger partial charge on any atom is -0.353 e. The average Bonchev–Trinajstić information content (AvgIpc) is 2.87. The number of halogens is 1. The molecule has 128 valence electrons. The molecule has 8 heteroatoms. The van der Waals surface area contributed by atoms with E-state index < -0.39 is 22.1 Å². The number of carbonyl (C=O) groups excluding carboxylic acids is 1. The van der Waals surface area contributed by atoms with Crippen LogP contribution in [0.25, 0.3) is 0 Å². The normalized spacial score (nSPS) is 21.2. The summed E-state index contributed by atoms with van der Waals surface area (Å²) >= 11 is 0. The van der Waals surface area contributed by atoms with Crippen LogP contribution in [-0.4, -0.2) is 52.4 Å². The van der Waals surface area contributed by atoms with E-state index >= 15 is 0 Å². The molecule has 1 fully saturated rings. The first-order valence-corrected chi connectivity index (χ1v) is 9.29. The smallest absolute Gasteiger partial charge is 0.240 e. The second-order valence-electron chi connectivity index (χ2n) is 5.85. The predicted octanol–water partition coefficient (Wildman–Crippen LogP) is 0.577. The number of nitrogens with one attached hydrogen (secondary N) is 2. The molecule has 6 nitrogen and oxygen atoms in total. The van der Waals surface area contributed by atoms with Crippen LogP contribution >= 0.6 is 0 Å². The van der Waals surface area contributed by atoms with Crippen molar-refractivity contribution in [2.45, 2.75) is 25.6 Å². The molecular formula is C15H22FN3O3S. The third-order valence-corrected chi connectivity index (χ3v) is 4.83. The summed E-state index contributed by atoms with van der Waals surface area (Å²) in [6.07, 6.45) is 0.527. The van der Waals surface area contributed by atoms with Crippen molar-refractivity contribution < 1.29 is 17.6 Å². The Balaban J connectivity index is 1.99. The SMILES string of the molecule is Cc1cccc(N(CC(=O)NC[C@@H]2C[C@H](F)CN2)S(C)(=O)=O)c1. The monoisotopic (exact) mass is 343 g/mol. The number of nitrogens with zero attached hydrogens (tertiary/aromatic N) is 1. The zero-order valence-electron chi connectivity index (χ0n) is 13.3. The number of anilines is 1. The number of sulfonamides is 1. The summed E-state index contributed by atoms with van der Waals surface area (Å²) in [4.78, 5) is 12.1. The highest BCUT2D eigenvalue weighted by Gasteiger charge is 2.25. The van der Waals surface area contributed by atoms with Crippen LogP contribution in [0.4, 0.5) is 10.1 Å². The molecular weight excluding hydrogens is 321 g/mol. The highest BCUT2D eigenvalue weighted by molar-refractivity contribution is 7.92. The largest absolute Gasteiger partial charge is 0.353 e. The van der Waals surface area contributed by atoms with Gasteiger partial charge in [-0.2, -0.15) is 0 Å². The lowest BCUT2D eigenvalue weighted by atomic mass is 10.2. The van der Waals surface area contributed by atoms with Gasteiger partial charge >= 0.3 is 0 Å². The third-order valence-electron chi connectivity index (χ3n) is 3.69. The summed E-state index contributed by atoms with van der Waals surface area (Å²) in [7, 11) is -3.58. The lowest BCUT2D eigenvalue weighted by Crippen LogP contribution is -2.44. The number of hydrogen-bond donors (Lipinski definition) is 2. The van der Waals surface area contributed by atoms with Crippen molar-refractivity contribution in [3.8, 4) is 0 Å². The summed E-state index contributed by atoms with van der Waals surface area (Å²) in [6, 6.07) is 6.83. The van der Waals surface area contributed by atoms with Gasteiger partial charge < -0.3 is 10.6 Å². The van der Waals surface area contributed by atoms with Crippen molar-refractivity contribution >= 4 is 21.6 Å². The molecule has 23 heavy (non-hydrogen) atoms. The van der Waals surface area contributed by atoms with E-state index in [1.54, 1.807) is 18.2 Å². The molecule has 1 aromatic rings.